The van der Waals surface area contributed by atoms with Crippen molar-refractivity contribution >= 4 is 33.3 Å². The maximum absolute atomic E-state index is 11.4. The van der Waals surface area contributed by atoms with Gasteiger partial charge in [-0.2, -0.15) is 0 Å². The van der Waals surface area contributed by atoms with Crippen LogP contribution in [-0.4, -0.2) is 29.0 Å². The van der Waals surface area contributed by atoms with E-state index in [0.29, 0.717) is 12.5 Å². The number of carbonyl (C=O) groups excluding carboxylic acids is 1. The van der Waals surface area contributed by atoms with E-state index < -0.39 is 0 Å². The van der Waals surface area contributed by atoms with Gasteiger partial charge in [-0.3, -0.25) is 4.79 Å². The standard InChI is InChI=1S/C16H22N4OS/c1-9(2)6-12-8-22-16-13(12)15(18-10(3)19-16)20-5-4-11(7-20)14(17)21/h8-9,11H,4-7H2,1-3H3,(H2,17,21). The second-order valence-electron chi connectivity index (χ2n) is 6.47. The van der Waals surface area contributed by atoms with Crippen molar-refractivity contribution in [1.82, 2.24) is 9.97 Å². The Labute approximate surface area is 134 Å². The van der Waals surface area contributed by atoms with Gasteiger partial charge in [0.05, 0.1) is 11.3 Å². The summed E-state index contributed by atoms with van der Waals surface area (Å²) in [5.41, 5.74) is 6.77. The first kappa shape index (κ1) is 15.2. The number of rotatable bonds is 4. The van der Waals surface area contributed by atoms with Crippen molar-refractivity contribution in [3.63, 3.8) is 0 Å². The number of amides is 1. The Kier molecular flexibility index (Phi) is 4.04. The molecule has 1 fully saturated rings. The molecule has 1 saturated heterocycles. The molecular formula is C16H22N4OS. The van der Waals surface area contributed by atoms with Crippen LogP contribution in [0.2, 0.25) is 0 Å². The van der Waals surface area contributed by atoms with Gasteiger partial charge in [-0.1, -0.05) is 13.8 Å². The first-order chi connectivity index (χ1) is 10.5. The van der Waals surface area contributed by atoms with Gasteiger partial charge in [0.1, 0.15) is 16.5 Å². The second-order valence-corrected chi connectivity index (χ2v) is 7.33. The highest BCUT2D eigenvalue weighted by Crippen LogP contribution is 2.35. The monoisotopic (exact) mass is 318 g/mol. The molecule has 0 spiro atoms. The van der Waals surface area contributed by atoms with Gasteiger partial charge >= 0.3 is 0 Å². The summed E-state index contributed by atoms with van der Waals surface area (Å²) in [6, 6.07) is 0. The lowest BCUT2D eigenvalue weighted by molar-refractivity contribution is -0.121. The van der Waals surface area contributed by atoms with Gasteiger partial charge < -0.3 is 10.6 Å². The molecule has 0 radical (unpaired) electrons. The van der Waals surface area contributed by atoms with Crippen LogP contribution in [0.25, 0.3) is 10.2 Å². The minimum atomic E-state index is -0.211. The molecule has 1 atom stereocenters. The molecule has 118 valence electrons. The van der Waals surface area contributed by atoms with Crippen LogP contribution in [0.5, 0.6) is 0 Å². The molecular weight excluding hydrogens is 296 g/mol. The fraction of sp³-hybridized carbons (Fsp3) is 0.562. The molecule has 1 unspecified atom stereocenters. The third kappa shape index (κ3) is 2.79. The lowest BCUT2D eigenvalue weighted by atomic mass is 10.0. The summed E-state index contributed by atoms with van der Waals surface area (Å²) < 4.78 is 0. The van der Waals surface area contributed by atoms with Gasteiger partial charge in [0.15, 0.2) is 0 Å². The zero-order valence-corrected chi connectivity index (χ0v) is 14.1. The summed E-state index contributed by atoms with van der Waals surface area (Å²) in [4.78, 5) is 23.9. The number of hydrogen-bond donors (Lipinski definition) is 1. The Hall–Kier alpha value is -1.69. The number of aryl methyl sites for hydroxylation is 1. The Morgan fingerprint density at radius 1 is 1.50 bits per heavy atom. The summed E-state index contributed by atoms with van der Waals surface area (Å²) >= 11 is 1.68. The van der Waals surface area contributed by atoms with Crippen molar-refractivity contribution in [2.24, 2.45) is 17.6 Å². The first-order valence-corrected chi connectivity index (χ1v) is 8.62. The van der Waals surface area contributed by atoms with Crippen molar-refractivity contribution in [3.05, 3.63) is 16.8 Å². The van der Waals surface area contributed by atoms with Gasteiger partial charge in [0.2, 0.25) is 5.91 Å². The lowest BCUT2D eigenvalue weighted by Crippen LogP contribution is -2.28. The van der Waals surface area contributed by atoms with Crippen LogP contribution in [0.4, 0.5) is 5.82 Å². The number of fused-ring (bicyclic) bond motifs is 1. The third-order valence-electron chi connectivity index (χ3n) is 4.12. The summed E-state index contributed by atoms with van der Waals surface area (Å²) in [6.07, 6.45) is 1.83. The summed E-state index contributed by atoms with van der Waals surface area (Å²) in [7, 11) is 0. The van der Waals surface area contributed by atoms with Crippen molar-refractivity contribution in [2.45, 2.75) is 33.6 Å². The summed E-state index contributed by atoms with van der Waals surface area (Å²) in [5.74, 6) is 2.06. The zero-order valence-electron chi connectivity index (χ0n) is 13.3. The summed E-state index contributed by atoms with van der Waals surface area (Å²) in [5, 5.41) is 3.36. The predicted molar refractivity (Wildman–Crippen MR) is 90.2 cm³/mol. The van der Waals surface area contributed by atoms with Crippen LogP contribution in [0, 0.1) is 18.8 Å². The molecule has 1 aliphatic rings. The SMILES string of the molecule is Cc1nc(N2CCC(C(N)=O)C2)c2c(CC(C)C)csc2n1. The van der Waals surface area contributed by atoms with Crippen LogP contribution in [-0.2, 0) is 11.2 Å². The molecule has 22 heavy (non-hydrogen) atoms. The van der Waals surface area contributed by atoms with E-state index in [9.17, 15) is 4.79 Å². The average Bonchev–Trinajstić information content (AvgIpc) is 3.05. The van der Waals surface area contributed by atoms with E-state index in [4.69, 9.17) is 5.73 Å². The highest BCUT2D eigenvalue weighted by Gasteiger charge is 2.29. The molecule has 0 saturated carbocycles. The van der Waals surface area contributed by atoms with E-state index >= 15 is 0 Å². The number of nitrogens with zero attached hydrogens (tertiary/aromatic N) is 3. The van der Waals surface area contributed by atoms with E-state index in [2.05, 4.69) is 34.1 Å². The normalized spacial score (nSPS) is 18.5. The van der Waals surface area contributed by atoms with Gasteiger partial charge in [0.25, 0.3) is 0 Å². The molecule has 0 aliphatic carbocycles. The highest BCUT2D eigenvalue weighted by molar-refractivity contribution is 7.17. The number of aromatic nitrogens is 2. The molecule has 1 aliphatic heterocycles. The van der Waals surface area contributed by atoms with Gasteiger partial charge in [-0.05, 0) is 36.6 Å². The average molecular weight is 318 g/mol. The van der Waals surface area contributed by atoms with Crippen LogP contribution < -0.4 is 10.6 Å². The first-order valence-electron chi connectivity index (χ1n) is 7.74. The molecule has 3 rings (SSSR count). The molecule has 0 bridgehead atoms. The topological polar surface area (TPSA) is 72.1 Å². The molecule has 0 aromatic carbocycles. The molecule has 1 amide bonds. The zero-order chi connectivity index (χ0) is 15.9. The maximum atomic E-state index is 11.4. The molecule has 2 N–H and O–H groups in total. The Balaban J connectivity index is 2.04. The number of primary amides is 1. The third-order valence-corrected chi connectivity index (χ3v) is 5.04. The Morgan fingerprint density at radius 2 is 2.27 bits per heavy atom. The maximum Gasteiger partial charge on any atom is 0.222 e. The Morgan fingerprint density at radius 3 is 2.91 bits per heavy atom. The predicted octanol–water partition coefficient (Wildman–Crippen LogP) is 2.51. The quantitative estimate of drug-likeness (QED) is 0.940. The van der Waals surface area contributed by atoms with E-state index in [-0.39, 0.29) is 11.8 Å². The summed E-state index contributed by atoms with van der Waals surface area (Å²) in [6.45, 7) is 7.86. The van der Waals surface area contributed by atoms with Crippen LogP contribution in [0.3, 0.4) is 0 Å². The lowest BCUT2D eigenvalue weighted by Gasteiger charge is -2.19. The molecule has 2 aromatic heterocycles. The number of carbonyl (C=O) groups is 1. The van der Waals surface area contributed by atoms with Crippen LogP contribution >= 0.6 is 11.3 Å². The minimum absolute atomic E-state index is 0.0718. The van der Waals surface area contributed by atoms with Crippen molar-refractivity contribution < 1.29 is 4.79 Å². The van der Waals surface area contributed by atoms with E-state index in [1.54, 1.807) is 11.3 Å². The molecule has 6 heteroatoms. The van der Waals surface area contributed by atoms with E-state index in [0.717, 1.165) is 41.2 Å². The fourth-order valence-electron chi connectivity index (χ4n) is 3.09. The van der Waals surface area contributed by atoms with Gasteiger partial charge in [-0.15, -0.1) is 11.3 Å². The highest BCUT2D eigenvalue weighted by atomic mass is 32.1. The number of anilines is 1. The van der Waals surface area contributed by atoms with E-state index in [1.165, 1.54) is 5.56 Å². The second kappa shape index (κ2) is 5.83. The number of nitrogens with two attached hydrogens (primary N) is 1. The van der Waals surface area contributed by atoms with Crippen LogP contribution in [0.1, 0.15) is 31.7 Å². The van der Waals surface area contributed by atoms with Crippen molar-refractivity contribution in [1.29, 1.82) is 0 Å². The fourth-order valence-corrected chi connectivity index (χ4v) is 4.08. The van der Waals surface area contributed by atoms with E-state index in [1.807, 2.05) is 6.92 Å². The molecule has 5 nitrogen and oxygen atoms in total. The van der Waals surface area contributed by atoms with Gasteiger partial charge in [-0.25, -0.2) is 9.97 Å². The van der Waals surface area contributed by atoms with Crippen molar-refractivity contribution in [3.8, 4) is 0 Å². The molecule has 2 aromatic rings. The smallest absolute Gasteiger partial charge is 0.222 e. The largest absolute Gasteiger partial charge is 0.369 e. The number of thiophene rings is 1. The molecule has 3 heterocycles. The van der Waals surface area contributed by atoms with Crippen molar-refractivity contribution in [2.75, 3.05) is 18.0 Å². The number of hydrogen-bond acceptors (Lipinski definition) is 5. The minimum Gasteiger partial charge on any atom is -0.369 e. The van der Waals surface area contributed by atoms with Crippen LogP contribution in [0.15, 0.2) is 5.38 Å². The van der Waals surface area contributed by atoms with Gasteiger partial charge in [0, 0.05) is 13.1 Å². The Bertz CT molecular complexity index is 709.